The lowest BCUT2D eigenvalue weighted by molar-refractivity contribution is -0.123. The van der Waals surface area contributed by atoms with Gasteiger partial charge in [-0.1, -0.05) is 35.3 Å². The summed E-state index contributed by atoms with van der Waals surface area (Å²) in [6.45, 7) is 0.408. The monoisotopic (exact) mass is 389 g/mol. The Morgan fingerprint density at radius 2 is 1.96 bits per heavy atom. The Kier molecular flexibility index (Phi) is 6.15. The number of hydrogen-bond donors (Lipinski definition) is 1. The first-order valence-electron chi connectivity index (χ1n) is 8.05. The van der Waals surface area contributed by atoms with E-state index >= 15 is 0 Å². The molecule has 7 heteroatoms. The third kappa shape index (κ3) is 5.00. The summed E-state index contributed by atoms with van der Waals surface area (Å²) in [7, 11) is 0. The molecule has 0 aliphatic carbocycles. The van der Waals surface area contributed by atoms with Gasteiger partial charge in [0.15, 0.2) is 6.61 Å². The van der Waals surface area contributed by atoms with Crippen molar-refractivity contribution in [3.63, 3.8) is 0 Å². The summed E-state index contributed by atoms with van der Waals surface area (Å²) in [4.78, 5) is 11.9. The van der Waals surface area contributed by atoms with Gasteiger partial charge in [-0.2, -0.15) is 5.10 Å². The molecule has 134 valence electrons. The summed E-state index contributed by atoms with van der Waals surface area (Å²) in [6.07, 6.45) is 4.35. The van der Waals surface area contributed by atoms with Crippen LogP contribution in [0, 0.1) is 0 Å². The molecule has 3 aromatic rings. The number of benzene rings is 2. The first-order valence-corrected chi connectivity index (χ1v) is 8.81. The summed E-state index contributed by atoms with van der Waals surface area (Å²) in [5, 5.41) is 7.93. The van der Waals surface area contributed by atoms with Gasteiger partial charge in [0, 0.05) is 30.0 Å². The zero-order valence-electron chi connectivity index (χ0n) is 13.9. The summed E-state index contributed by atoms with van der Waals surface area (Å²) < 4.78 is 7.20. The number of hydrogen-bond acceptors (Lipinski definition) is 3. The van der Waals surface area contributed by atoms with E-state index in [-0.39, 0.29) is 12.5 Å². The van der Waals surface area contributed by atoms with Gasteiger partial charge in [0.25, 0.3) is 5.91 Å². The maximum absolute atomic E-state index is 11.9. The molecule has 1 heterocycles. The quantitative estimate of drug-likeness (QED) is 0.666. The maximum atomic E-state index is 11.9. The molecule has 26 heavy (non-hydrogen) atoms. The van der Waals surface area contributed by atoms with Crippen LogP contribution in [0.3, 0.4) is 0 Å². The number of carbonyl (C=O) groups is 1. The lowest BCUT2D eigenvalue weighted by Gasteiger charge is -2.09. The molecule has 3 rings (SSSR count). The molecule has 0 radical (unpaired) electrons. The van der Waals surface area contributed by atoms with Gasteiger partial charge in [0.05, 0.1) is 10.7 Å². The molecule has 0 saturated heterocycles. The van der Waals surface area contributed by atoms with Crippen molar-refractivity contribution >= 4 is 29.1 Å². The van der Waals surface area contributed by atoms with Crippen molar-refractivity contribution in [1.82, 2.24) is 15.1 Å². The molecule has 5 nitrogen and oxygen atoms in total. The van der Waals surface area contributed by atoms with Crippen LogP contribution in [-0.4, -0.2) is 28.8 Å². The van der Waals surface area contributed by atoms with Gasteiger partial charge >= 0.3 is 0 Å². The number of amides is 1. The normalized spacial score (nSPS) is 10.5. The number of halogens is 2. The van der Waals surface area contributed by atoms with E-state index in [2.05, 4.69) is 10.4 Å². The molecule has 0 fully saturated rings. The van der Waals surface area contributed by atoms with E-state index < -0.39 is 0 Å². The molecule has 1 aromatic heterocycles. The summed E-state index contributed by atoms with van der Waals surface area (Å²) in [6, 6.07) is 14.8. The van der Waals surface area contributed by atoms with Crippen LogP contribution in [0.5, 0.6) is 5.75 Å². The largest absolute Gasteiger partial charge is 0.482 e. The number of rotatable bonds is 7. The second kappa shape index (κ2) is 8.74. The van der Waals surface area contributed by atoms with E-state index in [1.807, 2.05) is 36.5 Å². The molecule has 1 amide bonds. The number of nitrogens with one attached hydrogen (secondary N) is 1. The van der Waals surface area contributed by atoms with Gasteiger partial charge in [-0.3, -0.25) is 4.79 Å². The molecule has 1 N–H and O–H groups in total. The summed E-state index contributed by atoms with van der Waals surface area (Å²) in [5.41, 5.74) is 2.12. The van der Waals surface area contributed by atoms with Gasteiger partial charge in [-0.05, 0) is 42.3 Å². The minimum absolute atomic E-state index is 0.113. The van der Waals surface area contributed by atoms with Crippen LogP contribution in [0.1, 0.15) is 5.56 Å². The average molecular weight is 390 g/mol. The molecule has 0 spiro atoms. The SMILES string of the molecule is O=C(COc1cc(Cl)ccc1Cl)NCCc1ccc(-n2cccn2)cc1. The van der Waals surface area contributed by atoms with Crippen molar-refractivity contribution in [2.24, 2.45) is 0 Å². The molecule has 0 aliphatic rings. The highest BCUT2D eigenvalue weighted by atomic mass is 35.5. The standard InChI is InChI=1S/C19H17Cl2N3O2/c20-15-4-7-17(21)18(12-15)26-13-19(25)22-10-8-14-2-5-16(6-3-14)24-11-1-9-23-24/h1-7,9,11-12H,8,10,13H2,(H,22,25). The highest BCUT2D eigenvalue weighted by molar-refractivity contribution is 6.34. The second-order valence-corrected chi connectivity index (χ2v) is 6.42. The highest BCUT2D eigenvalue weighted by Crippen LogP contribution is 2.27. The molecular formula is C19H17Cl2N3O2. The van der Waals surface area contributed by atoms with E-state index in [1.165, 1.54) is 0 Å². The van der Waals surface area contributed by atoms with E-state index in [1.54, 1.807) is 29.1 Å². The summed E-state index contributed by atoms with van der Waals surface area (Å²) in [5.74, 6) is 0.178. The van der Waals surface area contributed by atoms with Crippen molar-refractivity contribution in [3.8, 4) is 11.4 Å². The van der Waals surface area contributed by atoms with Crippen molar-refractivity contribution < 1.29 is 9.53 Å². The Morgan fingerprint density at radius 1 is 1.15 bits per heavy atom. The Balaban J connectivity index is 1.43. The number of nitrogens with zero attached hydrogens (tertiary/aromatic N) is 2. The van der Waals surface area contributed by atoms with Gasteiger partial charge < -0.3 is 10.1 Å². The zero-order valence-corrected chi connectivity index (χ0v) is 15.4. The molecule has 0 bridgehead atoms. The van der Waals surface area contributed by atoms with Crippen molar-refractivity contribution in [2.75, 3.05) is 13.2 Å². The Labute approximate surface area is 161 Å². The van der Waals surface area contributed by atoms with Gasteiger partial charge in [-0.15, -0.1) is 0 Å². The van der Waals surface area contributed by atoms with Crippen LogP contribution in [0.4, 0.5) is 0 Å². The van der Waals surface area contributed by atoms with E-state index in [9.17, 15) is 4.79 Å². The van der Waals surface area contributed by atoms with E-state index in [0.29, 0.717) is 22.3 Å². The summed E-state index contributed by atoms with van der Waals surface area (Å²) >= 11 is 11.9. The average Bonchev–Trinajstić information content (AvgIpc) is 3.18. The third-order valence-electron chi connectivity index (χ3n) is 3.69. The fraction of sp³-hybridized carbons (Fsp3) is 0.158. The minimum atomic E-state index is -0.214. The third-order valence-corrected chi connectivity index (χ3v) is 4.24. The molecule has 2 aromatic carbocycles. The second-order valence-electron chi connectivity index (χ2n) is 5.58. The molecule has 0 atom stereocenters. The molecule has 0 unspecified atom stereocenters. The number of ether oxygens (including phenoxy) is 1. The Hall–Kier alpha value is -2.50. The van der Waals surface area contributed by atoms with Gasteiger partial charge in [0.1, 0.15) is 5.75 Å². The fourth-order valence-electron chi connectivity index (χ4n) is 2.37. The lowest BCUT2D eigenvalue weighted by atomic mass is 10.1. The minimum Gasteiger partial charge on any atom is -0.482 e. The predicted molar refractivity (Wildman–Crippen MR) is 102 cm³/mol. The Morgan fingerprint density at radius 3 is 2.69 bits per heavy atom. The van der Waals surface area contributed by atoms with Gasteiger partial charge in [-0.25, -0.2) is 4.68 Å². The van der Waals surface area contributed by atoms with Crippen LogP contribution in [0.25, 0.3) is 5.69 Å². The van der Waals surface area contributed by atoms with Crippen LogP contribution in [-0.2, 0) is 11.2 Å². The maximum Gasteiger partial charge on any atom is 0.257 e. The van der Waals surface area contributed by atoms with Crippen LogP contribution >= 0.6 is 23.2 Å². The topological polar surface area (TPSA) is 56.1 Å². The van der Waals surface area contributed by atoms with Crippen molar-refractivity contribution in [1.29, 1.82) is 0 Å². The molecule has 0 aliphatic heterocycles. The van der Waals surface area contributed by atoms with Crippen LogP contribution in [0.15, 0.2) is 60.9 Å². The van der Waals surface area contributed by atoms with Crippen molar-refractivity contribution in [3.05, 3.63) is 76.5 Å². The molecular weight excluding hydrogens is 373 g/mol. The van der Waals surface area contributed by atoms with E-state index in [4.69, 9.17) is 27.9 Å². The fourth-order valence-corrected chi connectivity index (χ4v) is 2.70. The first kappa shape index (κ1) is 18.3. The lowest BCUT2D eigenvalue weighted by Crippen LogP contribution is -2.30. The van der Waals surface area contributed by atoms with E-state index in [0.717, 1.165) is 17.7 Å². The first-order chi connectivity index (χ1) is 12.6. The Bertz CT molecular complexity index is 865. The smallest absolute Gasteiger partial charge is 0.257 e. The van der Waals surface area contributed by atoms with Crippen molar-refractivity contribution in [2.45, 2.75) is 6.42 Å². The zero-order chi connectivity index (χ0) is 18.4. The molecule has 0 saturated carbocycles. The number of aromatic nitrogens is 2. The van der Waals surface area contributed by atoms with Crippen LogP contribution < -0.4 is 10.1 Å². The van der Waals surface area contributed by atoms with Crippen LogP contribution in [0.2, 0.25) is 10.0 Å². The predicted octanol–water partition coefficient (Wildman–Crippen LogP) is 3.92. The van der Waals surface area contributed by atoms with Gasteiger partial charge in [0.2, 0.25) is 0 Å². The number of carbonyl (C=O) groups excluding carboxylic acids is 1. The highest BCUT2D eigenvalue weighted by Gasteiger charge is 2.06.